The van der Waals surface area contributed by atoms with Crippen LogP contribution >= 0.6 is 24.0 Å². The summed E-state index contributed by atoms with van der Waals surface area (Å²) in [7, 11) is 0. The highest BCUT2D eigenvalue weighted by molar-refractivity contribution is 8.27. The molecule has 0 saturated carbocycles. The number of ether oxygens (including phenoxy) is 1. The summed E-state index contributed by atoms with van der Waals surface area (Å²) in [5.74, 6) is 0.668. The van der Waals surface area contributed by atoms with Gasteiger partial charge in [0.2, 0.25) is 0 Å². The molecule has 0 unspecified atom stereocenters. The molecule has 3 aromatic rings. The lowest BCUT2D eigenvalue weighted by Crippen LogP contribution is -2.27. The molecule has 1 heterocycles. The topological polar surface area (TPSA) is 29.5 Å². The van der Waals surface area contributed by atoms with E-state index in [1.807, 2.05) is 85.8 Å². The number of hydrogen-bond donors (Lipinski definition) is 0. The van der Waals surface area contributed by atoms with E-state index in [0.717, 1.165) is 28.1 Å². The van der Waals surface area contributed by atoms with E-state index in [4.69, 9.17) is 17.0 Å². The van der Waals surface area contributed by atoms with Gasteiger partial charge in [0.1, 0.15) is 12.4 Å². The molecule has 0 spiro atoms. The van der Waals surface area contributed by atoms with Crippen molar-refractivity contribution in [3.05, 3.63) is 100.0 Å². The van der Waals surface area contributed by atoms with Crippen LogP contribution in [0.25, 0.3) is 6.08 Å². The molecule has 3 nitrogen and oxygen atoms in total. The molecule has 1 aliphatic heterocycles. The Hall–Kier alpha value is -2.89. The van der Waals surface area contributed by atoms with Crippen molar-refractivity contribution < 1.29 is 9.53 Å². The van der Waals surface area contributed by atoms with Gasteiger partial charge in [-0.05, 0) is 66.4 Å². The fraction of sp³-hybridized carbons (Fsp3) is 0.120. The van der Waals surface area contributed by atoms with Crippen LogP contribution in [0.5, 0.6) is 5.75 Å². The molecule has 1 saturated heterocycles. The smallest absolute Gasteiger partial charge is 0.270 e. The minimum Gasteiger partial charge on any atom is -0.489 e. The summed E-state index contributed by atoms with van der Waals surface area (Å²) in [6, 6.07) is 23.7. The van der Waals surface area contributed by atoms with Crippen LogP contribution in [0, 0.1) is 13.8 Å². The van der Waals surface area contributed by atoms with Gasteiger partial charge in [-0.1, -0.05) is 72.5 Å². The minimum absolute atomic E-state index is 0.0936. The number of aryl methyl sites for hydroxylation is 2. The number of anilines is 1. The van der Waals surface area contributed by atoms with Crippen LogP contribution in [0.15, 0.2) is 77.7 Å². The van der Waals surface area contributed by atoms with Crippen LogP contribution in [0.1, 0.15) is 22.3 Å². The van der Waals surface area contributed by atoms with Crippen LogP contribution < -0.4 is 9.64 Å². The Morgan fingerprint density at radius 1 is 0.967 bits per heavy atom. The van der Waals surface area contributed by atoms with Gasteiger partial charge >= 0.3 is 0 Å². The van der Waals surface area contributed by atoms with Gasteiger partial charge in [-0.25, -0.2) is 0 Å². The van der Waals surface area contributed by atoms with Gasteiger partial charge in [-0.3, -0.25) is 9.69 Å². The molecule has 4 rings (SSSR count). The second-order valence-corrected chi connectivity index (χ2v) is 8.81. The monoisotopic (exact) mass is 431 g/mol. The van der Waals surface area contributed by atoms with E-state index in [1.165, 1.54) is 17.3 Å². The number of hydrogen-bond acceptors (Lipinski definition) is 4. The van der Waals surface area contributed by atoms with Gasteiger partial charge in [0.05, 0.1) is 10.6 Å². The van der Waals surface area contributed by atoms with Gasteiger partial charge < -0.3 is 4.74 Å². The number of rotatable bonds is 5. The molecule has 150 valence electrons. The maximum absolute atomic E-state index is 13.0. The van der Waals surface area contributed by atoms with Crippen LogP contribution in [0.2, 0.25) is 0 Å². The lowest BCUT2D eigenvalue weighted by Gasteiger charge is -2.15. The van der Waals surface area contributed by atoms with Gasteiger partial charge in [0.15, 0.2) is 4.32 Å². The van der Waals surface area contributed by atoms with E-state index < -0.39 is 0 Å². The summed E-state index contributed by atoms with van der Waals surface area (Å²) in [6.45, 7) is 4.59. The third-order valence-corrected chi connectivity index (χ3v) is 6.25. The van der Waals surface area contributed by atoms with Crippen LogP contribution in [-0.4, -0.2) is 10.2 Å². The number of carbonyl (C=O) groups is 1. The van der Waals surface area contributed by atoms with Crippen molar-refractivity contribution >= 4 is 46.0 Å². The average molecular weight is 432 g/mol. The van der Waals surface area contributed by atoms with Crippen molar-refractivity contribution in [1.82, 2.24) is 0 Å². The summed E-state index contributed by atoms with van der Waals surface area (Å²) in [5, 5.41) is 0. The SMILES string of the molecule is Cc1ccc(N2C(=O)/C(=C/c3cccc(OCc4ccccc4)c3)SC2=S)cc1C. The first-order valence-electron chi connectivity index (χ1n) is 9.63. The Bertz CT molecular complexity index is 1140. The zero-order valence-electron chi connectivity index (χ0n) is 16.8. The fourth-order valence-corrected chi connectivity index (χ4v) is 4.44. The Morgan fingerprint density at radius 2 is 1.77 bits per heavy atom. The molecule has 1 fully saturated rings. The predicted octanol–water partition coefficient (Wildman–Crippen LogP) is 6.29. The highest BCUT2D eigenvalue weighted by Gasteiger charge is 2.33. The average Bonchev–Trinajstić information content (AvgIpc) is 3.02. The minimum atomic E-state index is -0.0936. The highest BCUT2D eigenvalue weighted by Crippen LogP contribution is 2.36. The summed E-state index contributed by atoms with van der Waals surface area (Å²) >= 11 is 6.82. The highest BCUT2D eigenvalue weighted by atomic mass is 32.2. The maximum Gasteiger partial charge on any atom is 0.270 e. The molecule has 0 atom stereocenters. The van der Waals surface area contributed by atoms with Crippen molar-refractivity contribution in [2.24, 2.45) is 0 Å². The van der Waals surface area contributed by atoms with Crippen LogP contribution in [-0.2, 0) is 11.4 Å². The van der Waals surface area contributed by atoms with E-state index >= 15 is 0 Å². The summed E-state index contributed by atoms with van der Waals surface area (Å²) in [5.41, 5.74) is 5.14. The van der Waals surface area contributed by atoms with Gasteiger partial charge in [-0.15, -0.1) is 0 Å². The van der Waals surface area contributed by atoms with Gasteiger partial charge in [-0.2, -0.15) is 0 Å². The molecule has 30 heavy (non-hydrogen) atoms. The second kappa shape index (κ2) is 8.86. The largest absolute Gasteiger partial charge is 0.489 e. The molecule has 0 radical (unpaired) electrons. The van der Waals surface area contributed by atoms with Crippen molar-refractivity contribution in [3.63, 3.8) is 0 Å². The van der Waals surface area contributed by atoms with E-state index in [2.05, 4.69) is 6.92 Å². The normalized spacial score (nSPS) is 15.1. The number of thiocarbonyl (C=S) groups is 1. The van der Waals surface area contributed by atoms with E-state index in [0.29, 0.717) is 15.8 Å². The first-order chi connectivity index (χ1) is 14.5. The lowest BCUT2D eigenvalue weighted by atomic mass is 10.1. The quantitative estimate of drug-likeness (QED) is 0.351. The Balaban J connectivity index is 1.52. The Kier molecular flexibility index (Phi) is 6.02. The van der Waals surface area contributed by atoms with Gasteiger partial charge in [0, 0.05) is 0 Å². The summed E-state index contributed by atoms with van der Waals surface area (Å²) in [4.78, 5) is 15.2. The molecular weight excluding hydrogens is 410 g/mol. The number of benzene rings is 3. The van der Waals surface area contributed by atoms with Crippen LogP contribution in [0.4, 0.5) is 5.69 Å². The maximum atomic E-state index is 13.0. The fourth-order valence-electron chi connectivity index (χ4n) is 3.14. The zero-order valence-corrected chi connectivity index (χ0v) is 18.4. The van der Waals surface area contributed by atoms with E-state index in [-0.39, 0.29) is 5.91 Å². The van der Waals surface area contributed by atoms with E-state index in [9.17, 15) is 4.79 Å². The summed E-state index contributed by atoms with van der Waals surface area (Å²) < 4.78 is 6.45. The number of carbonyl (C=O) groups excluding carboxylic acids is 1. The number of amides is 1. The zero-order chi connectivity index (χ0) is 21.1. The number of thioether (sulfide) groups is 1. The molecule has 0 aromatic heterocycles. The Labute approximate surface area is 186 Å². The molecule has 1 amide bonds. The first-order valence-corrected chi connectivity index (χ1v) is 10.9. The molecule has 3 aromatic carbocycles. The molecule has 1 aliphatic rings. The molecular formula is C25H21NO2S2. The van der Waals surface area contributed by atoms with Crippen molar-refractivity contribution in [1.29, 1.82) is 0 Å². The molecule has 5 heteroatoms. The third kappa shape index (κ3) is 4.48. The summed E-state index contributed by atoms with van der Waals surface area (Å²) in [6.07, 6.45) is 1.87. The molecule has 0 N–H and O–H groups in total. The standard InChI is InChI=1S/C25H21NO2S2/c1-17-11-12-21(13-18(17)2)26-24(27)23(30-25(26)29)15-20-9-6-10-22(14-20)28-16-19-7-4-3-5-8-19/h3-15H,16H2,1-2H3/b23-15-. The number of nitrogens with zero attached hydrogens (tertiary/aromatic N) is 1. The van der Waals surface area contributed by atoms with Gasteiger partial charge in [0.25, 0.3) is 5.91 Å². The van der Waals surface area contributed by atoms with E-state index in [1.54, 1.807) is 4.90 Å². The first kappa shape index (κ1) is 20.4. The Morgan fingerprint density at radius 3 is 2.53 bits per heavy atom. The van der Waals surface area contributed by atoms with Crippen molar-refractivity contribution in [3.8, 4) is 5.75 Å². The molecule has 0 bridgehead atoms. The molecule has 0 aliphatic carbocycles. The second-order valence-electron chi connectivity index (χ2n) is 7.13. The lowest BCUT2D eigenvalue weighted by molar-refractivity contribution is -0.113. The van der Waals surface area contributed by atoms with Crippen molar-refractivity contribution in [2.75, 3.05) is 4.90 Å². The van der Waals surface area contributed by atoms with Crippen molar-refractivity contribution in [2.45, 2.75) is 20.5 Å². The third-order valence-electron chi connectivity index (χ3n) is 4.95. The predicted molar refractivity (Wildman–Crippen MR) is 129 cm³/mol. The van der Waals surface area contributed by atoms with Crippen LogP contribution in [0.3, 0.4) is 0 Å².